The molecule has 3 amide bonds. The minimum atomic E-state index is -0.608. The monoisotopic (exact) mass is 355 g/mol. The van der Waals surface area contributed by atoms with Gasteiger partial charge in [0.2, 0.25) is 5.91 Å². The largest absolute Gasteiger partial charge is 0.471 e. The average Bonchev–Trinajstić information content (AvgIpc) is 2.56. The quantitative estimate of drug-likeness (QED) is 0.630. The zero-order valence-electron chi connectivity index (χ0n) is 15.5. The third-order valence-corrected chi connectivity index (χ3v) is 3.86. The summed E-state index contributed by atoms with van der Waals surface area (Å²) < 4.78 is 5.71. The van der Waals surface area contributed by atoms with Gasteiger partial charge in [0.15, 0.2) is 6.23 Å². The molecule has 0 aromatic heterocycles. The molecule has 0 aliphatic heterocycles. The predicted molar refractivity (Wildman–Crippen MR) is 103 cm³/mol. The van der Waals surface area contributed by atoms with Crippen LogP contribution in [0.2, 0.25) is 0 Å². The minimum absolute atomic E-state index is 0.402. The number of nitrogens with zero attached hydrogens (tertiary/aromatic N) is 1. The van der Waals surface area contributed by atoms with E-state index in [0.29, 0.717) is 23.0 Å². The Morgan fingerprint density at radius 1 is 1.00 bits per heavy atom. The number of nitrogen functional groups attached to an aromatic ring is 1. The molecule has 0 heterocycles. The van der Waals surface area contributed by atoms with E-state index < -0.39 is 18.2 Å². The Morgan fingerprint density at radius 2 is 1.58 bits per heavy atom. The van der Waals surface area contributed by atoms with Crippen LogP contribution in [-0.2, 0) is 4.79 Å². The molecule has 0 aliphatic carbocycles. The Morgan fingerprint density at radius 3 is 2.08 bits per heavy atom. The molecule has 0 radical (unpaired) electrons. The van der Waals surface area contributed by atoms with Gasteiger partial charge in [-0.25, -0.2) is 9.69 Å². The highest BCUT2D eigenvalue weighted by atomic mass is 16.5. The van der Waals surface area contributed by atoms with E-state index in [4.69, 9.17) is 10.5 Å². The van der Waals surface area contributed by atoms with Crippen LogP contribution < -0.4 is 20.7 Å². The number of imide groups is 1. The number of benzene rings is 2. The Balaban J connectivity index is 2.03. The van der Waals surface area contributed by atoms with Crippen LogP contribution in [0.1, 0.15) is 39.2 Å². The highest BCUT2D eigenvalue weighted by Crippen LogP contribution is 2.20. The summed E-state index contributed by atoms with van der Waals surface area (Å²) in [5.74, 6) is 0.676. The number of carbonyl (C=O) groups excluding carboxylic acids is 2. The van der Waals surface area contributed by atoms with Crippen LogP contribution in [0.3, 0.4) is 0 Å². The van der Waals surface area contributed by atoms with Crippen LogP contribution in [0.25, 0.3) is 0 Å². The molecule has 6 heteroatoms. The molecule has 6 nitrogen and oxygen atoms in total. The van der Waals surface area contributed by atoms with Gasteiger partial charge in [-0.3, -0.25) is 4.79 Å². The molecule has 0 aliphatic rings. The van der Waals surface area contributed by atoms with Crippen LogP contribution in [0.5, 0.6) is 5.75 Å². The van der Waals surface area contributed by atoms with E-state index in [9.17, 15) is 9.59 Å². The number of ether oxygens (including phenoxy) is 1. The van der Waals surface area contributed by atoms with E-state index in [0.717, 1.165) is 4.90 Å². The Labute approximate surface area is 153 Å². The number of carbonyl (C=O) groups is 2. The molecular weight excluding hydrogens is 330 g/mol. The van der Waals surface area contributed by atoms with Crippen molar-refractivity contribution in [1.82, 2.24) is 5.32 Å². The van der Waals surface area contributed by atoms with Crippen LogP contribution in [0.4, 0.5) is 16.2 Å². The predicted octanol–water partition coefficient (Wildman–Crippen LogP) is 3.88. The van der Waals surface area contributed by atoms with Gasteiger partial charge in [0, 0.05) is 12.6 Å². The standard InChI is InChI=1S/C20H25N3O3/c1-13(2)16-5-11-19(12-6-16)26-14(3)22-20(25)23(15(4)24)18-9-7-17(21)8-10-18/h5-14H,21H2,1-4H3,(H,22,25). The fourth-order valence-electron chi connectivity index (χ4n) is 2.47. The minimum Gasteiger partial charge on any atom is -0.471 e. The first-order chi connectivity index (χ1) is 12.3. The number of nitrogens with one attached hydrogen (secondary N) is 1. The smallest absolute Gasteiger partial charge is 0.331 e. The lowest BCUT2D eigenvalue weighted by Gasteiger charge is -2.23. The summed E-state index contributed by atoms with van der Waals surface area (Å²) in [5, 5.41) is 2.67. The second-order valence-electron chi connectivity index (χ2n) is 6.38. The SMILES string of the molecule is CC(=O)N(C(=O)NC(C)Oc1ccc(C(C)C)cc1)c1ccc(N)cc1. The molecule has 26 heavy (non-hydrogen) atoms. The molecule has 0 saturated heterocycles. The third-order valence-electron chi connectivity index (χ3n) is 3.86. The number of urea groups is 1. The number of nitrogens with two attached hydrogens (primary N) is 1. The maximum absolute atomic E-state index is 12.5. The first-order valence-corrected chi connectivity index (χ1v) is 8.51. The molecule has 0 spiro atoms. The number of hydrogen-bond acceptors (Lipinski definition) is 4. The molecule has 1 atom stereocenters. The molecule has 2 aromatic carbocycles. The molecule has 0 bridgehead atoms. The highest BCUT2D eigenvalue weighted by Gasteiger charge is 2.22. The molecule has 138 valence electrons. The summed E-state index contributed by atoms with van der Waals surface area (Å²) in [7, 11) is 0. The highest BCUT2D eigenvalue weighted by molar-refractivity contribution is 6.13. The lowest BCUT2D eigenvalue weighted by Crippen LogP contribution is -2.48. The van der Waals surface area contributed by atoms with E-state index in [1.54, 1.807) is 31.2 Å². The van der Waals surface area contributed by atoms with E-state index in [1.807, 2.05) is 24.3 Å². The summed E-state index contributed by atoms with van der Waals surface area (Å²) in [6, 6.07) is 13.6. The lowest BCUT2D eigenvalue weighted by molar-refractivity contribution is -0.115. The van der Waals surface area contributed by atoms with Gasteiger partial charge < -0.3 is 15.8 Å². The van der Waals surface area contributed by atoms with Gasteiger partial charge in [0.25, 0.3) is 0 Å². The van der Waals surface area contributed by atoms with Crippen LogP contribution in [0.15, 0.2) is 48.5 Å². The summed E-state index contributed by atoms with van der Waals surface area (Å²) in [6.45, 7) is 7.26. The summed E-state index contributed by atoms with van der Waals surface area (Å²) in [6.07, 6.45) is -0.608. The molecule has 0 fully saturated rings. The first-order valence-electron chi connectivity index (χ1n) is 8.51. The van der Waals surface area contributed by atoms with Gasteiger partial charge in [0.05, 0.1) is 5.69 Å². The molecule has 0 saturated carbocycles. The van der Waals surface area contributed by atoms with E-state index in [2.05, 4.69) is 19.2 Å². The number of hydrogen-bond donors (Lipinski definition) is 2. The summed E-state index contributed by atoms with van der Waals surface area (Å²) >= 11 is 0. The van der Waals surface area contributed by atoms with Crippen molar-refractivity contribution < 1.29 is 14.3 Å². The van der Waals surface area contributed by atoms with Crippen LogP contribution >= 0.6 is 0 Å². The third kappa shape index (κ3) is 4.99. The fourth-order valence-corrected chi connectivity index (χ4v) is 2.47. The maximum atomic E-state index is 12.5. The van der Waals surface area contributed by atoms with Gasteiger partial charge in [-0.05, 0) is 54.8 Å². The van der Waals surface area contributed by atoms with Crippen molar-refractivity contribution in [3.8, 4) is 5.75 Å². The second kappa shape index (κ2) is 8.38. The van der Waals surface area contributed by atoms with Crippen molar-refractivity contribution in [2.24, 2.45) is 0 Å². The first kappa shape index (κ1) is 19.3. The normalized spacial score (nSPS) is 11.7. The zero-order valence-corrected chi connectivity index (χ0v) is 15.5. The average molecular weight is 355 g/mol. The Bertz CT molecular complexity index is 755. The molecule has 1 unspecified atom stereocenters. The second-order valence-corrected chi connectivity index (χ2v) is 6.38. The van der Waals surface area contributed by atoms with Gasteiger partial charge in [-0.15, -0.1) is 0 Å². The van der Waals surface area contributed by atoms with Gasteiger partial charge in [0.1, 0.15) is 5.75 Å². The van der Waals surface area contributed by atoms with Gasteiger partial charge in [-0.1, -0.05) is 26.0 Å². The Kier molecular flexibility index (Phi) is 6.22. The van der Waals surface area contributed by atoms with Crippen molar-refractivity contribution in [3.63, 3.8) is 0 Å². The van der Waals surface area contributed by atoms with Crippen LogP contribution in [0, 0.1) is 0 Å². The zero-order chi connectivity index (χ0) is 19.3. The number of anilines is 2. The number of amides is 3. The van der Waals surface area contributed by atoms with Gasteiger partial charge >= 0.3 is 6.03 Å². The maximum Gasteiger partial charge on any atom is 0.331 e. The topological polar surface area (TPSA) is 84.7 Å². The van der Waals surface area contributed by atoms with Crippen molar-refractivity contribution in [1.29, 1.82) is 0 Å². The van der Waals surface area contributed by atoms with Crippen molar-refractivity contribution in [2.75, 3.05) is 10.6 Å². The summed E-state index contributed by atoms with van der Waals surface area (Å²) in [5.41, 5.74) is 7.86. The van der Waals surface area contributed by atoms with Crippen molar-refractivity contribution >= 4 is 23.3 Å². The van der Waals surface area contributed by atoms with E-state index in [-0.39, 0.29) is 0 Å². The molecule has 3 N–H and O–H groups in total. The Hall–Kier alpha value is -3.02. The van der Waals surface area contributed by atoms with Crippen molar-refractivity contribution in [2.45, 2.75) is 39.8 Å². The molecular formula is C20H25N3O3. The van der Waals surface area contributed by atoms with Crippen LogP contribution in [-0.4, -0.2) is 18.2 Å². The molecule has 2 aromatic rings. The van der Waals surface area contributed by atoms with Gasteiger partial charge in [-0.2, -0.15) is 0 Å². The van der Waals surface area contributed by atoms with Crippen molar-refractivity contribution in [3.05, 3.63) is 54.1 Å². The fraction of sp³-hybridized carbons (Fsp3) is 0.300. The van der Waals surface area contributed by atoms with E-state index >= 15 is 0 Å². The lowest BCUT2D eigenvalue weighted by atomic mass is 10.0. The van der Waals surface area contributed by atoms with E-state index in [1.165, 1.54) is 12.5 Å². The number of rotatable bonds is 5. The molecule has 2 rings (SSSR count). The summed E-state index contributed by atoms with van der Waals surface area (Å²) in [4.78, 5) is 25.4.